The summed E-state index contributed by atoms with van der Waals surface area (Å²) in [5.74, 6) is -0.0597. The number of ether oxygens (including phenoxy) is 1. The summed E-state index contributed by atoms with van der Waals surface area (Å²) in [7, 11) is 0. The van der Waals surface area contributed by atoms with Crippen LogP contribution in [0.1, 0.15) is 76.7 Å². The van der Waals surface area contributed by atoms with Crippen LogP contribution in [0.2, 0.25) is 0 Å². The molecule has 0 radical (unpaired) electrons. The van der Waals surface area contributed by atoms with E-state index in [0.717, 1.165) is 23.2 Å². The number of amides is 1. The third-order valence-corrected chi connectivity index (χ3v) is 7.91. The molecule has 2 N–H and O–H groups in total. The summed E-state index contributed by atoms with van der Waals surface area (Å²) in [4.78, 5) is 41.4. The number of halogens is 1. The zero-order valence-electron chi connectivity index (χ0n) is 25.0. The maximum absolute atomic E-state index is 14.8. The smallest absolute Gasteiger partial charge is 0.410 e. The van der Waals surface area contributed by atoms with E-state index in [9.17, 15) is 19.1 Å². The van der Waals surface area contributed by atoms with Crippen LogP contribution in [0.4, 0.5) is 20.8 Å². The molecule has 11 nitrogen and oxygen atoms in total. The van der Waals surface area contributed by atoms with E-state index in [1.807, 2.05) is 52.8 Å². The molecule has 4 heterocycles. The minimum absolute atomic E-state index is 0.0252. The predicted octanol–water partition coefficient (Wildman–Crippen LogP) is 5.11. The van der Waals surface area contributed by atoms with E-state index < -0.39 is 17.0 Å². The van der Waals surface area contributed by atoms with Gasteiger partial charge in [-0.1, -0.05) is 6.07 Å². The molecular formula is C31H36FN7O4. The van der Waals surface area contributed by atoms with Gasteiger partial charge < -0.3 is 20.1 Å². The number of pyridine rings is 1. The van der Waals surface area contributed by atoms with Crippen molar-refractivity contribution in [3.63, 3.8) is 0 Å². The van der Waals surface area contributed by atoms with E-state index >= 15 is 0 Å². The fourth-order valence-corrected chi connectivity index (χ4v) is 5.62. The molecule has 226 valence electrons. The second kappa shape index (κ2) is 10.4. The predicted molar refractivity (Wildman–Crippen MR) is 159 cm³/mol. The van der Waals surface area contributed by atoms with Crippen LogP contribution >= 0.6 is 0 Å². The summed E-state index contributed by atoms with van der Waals surface area (Å²) in [6, 6.07) is 8.38. The van der Waals surface area contributed by atoms with Gasteiger partial charge in [-0.2, -0.15) is 4.98 Å². The van der Waals surface area contributed by atoms with Crippen LogP contribution in [0, 0.1) is 5.82 Å². The van der Waals surface area contributed by atoms with Crippen molar-refractivity contribution in [3.8, 4) is 5.82 Å². The molecule has 1 aliphatic heterocycles. The number of benzene rings is 1. The lowest BCUT2D eigenvalue weighted by Crippen LogP contribution is -2.39. The average molecular weight is 590 g/mol. The van der Waals surface area contributed by atoms with Gasteiger partial charge in [-0.05, 0) is 95.7 Å². The van der Waals surface area contributed by atoms with Crippen molar-refractivity contribution in [1.29, 1.82) is 0 Å². The number of carbonyl (C=O) groups is 1. The van der Waals surface area contributed by atoms with E-state index in [2.05, 4.69) is 15.3 Å². The van der Waals surface area contributed by atoms with E-state index in [1.54, 1.807) is 9.58 Å². The van der Waals surface area contributed by atoms with Crippen molar-refractivity contribution < 1.29 is 19.0 Å². The maximum atomic E-state index is 14.8. The highest BCUT2D eigenvalue weighted by Gasteiger charge is 2.40. The van der Waals surface area contributed by atoms with Gasteiger partial charge >= 0.3 is 6.09 Å². The van der Waals surface area contributed by atoms with Crippen LogP contribution in [-0.4, -0.2) is 52.6 Å². The number of aliphatic hydroxyl groups is 1. The lowest BCUT2D eigenvalue weighted by molar-refractivity contribution is -0.0457. The van der Waals surface area contributed by atoms with Crippen molar-refractivity contribution in [2.75, 3.05) is 11.9 Å². The Hall–Kier alpha value is -4.32. The van der Waals surface area contributed by atoms with Crippen LogP contribution in [0.15, 0.2) is 41.3 Å². The van der Waals surface area contributed by atoms with Crippen LogP contribution in [0.3, 0.4) is 0 Å². The van der Waals surface area contributed by atoms with E-state index in [1.165, 1.54) is 23.0 Å². The first-order valence-corrected chi connectivity index (χ1v) is 14.6. The zero-order valence-corrected chi connectivity index (χ0v) is 25.0. The molecule has 3 aromatic heterocycles. The number of carbonyl (C=O) groups excluding carboxylic acids is 1. The van der Waals surface area contributed by atoms with Crippen LogP contribution in [-0.2, 0) is 23.3 Å². The minimum atomic E-state index is -1.32. The largest absolute Gasteiger partial charge is 0.444 e. The van der Waals surface area contributed by atoms with Gasteiger partial charge in [0.15, 0.2) is 11.5 Å². The maximum Gasteiger partial charge on any atom is 0.410 e. The molecule has 1 aliphatic carbocycles. The van der Waals surface area contributed by atoms with E-state index in [-0.39, 0.29) is 40.5 Å². The molecule has 0 atom stereocenters. The Morgan fingerprint density at radius 3 is 2.58 bits per heavy atom. The highest BCUT2D eigenvalue weighted by atomic mass is 19.1. The van der Waals surface area contributed by atoms with Gasteiger partial charge in [0.25, 0.3) is 5.56 Å². The molecule has 12 heteroatoms. The minimum Gasteiger partial charge on any atom is -0.444 e. The van der Waals surface area contributed by atoms with Gasteiger partial charge in [0.05, 0.1) is 0 Å². The highest BCUT2D eigenvalue weighted by molar-refractivity contribution is 5.77. The van der Waals surface area contributed by atoms with Crippen molar-refractivity contribution in [3.05, 3.63) is 69.5 Å². The van der Waals surface area contributed by atoms with Crippen molar-refractivity contribution in [2.45, 2.75) is 84.1 Å². The Morgan fingerprint density at radius 1 is 1.14 bits per heavy atom. The van der Waals surface area contributed by atoms with Crippen molar-refractivity contribution in [1.82, 2.24) is 29.2 Å². The SMILES string of the molecule is CC(C)n1c(=O)c2cnc(Nc3ccc4c(c3)CN(C(=O)OC(C)(C)C)CC4)nc2n1-c1ccc(F)c(C2(O)CCC2)n1. The lowest BCUT2D eigenvalue weighted by atomic mass is 9.77. The molecule has 1 aromatic carbocycles. The first kappa shape index (κ1) is 28.8. The van der Waals surface area contributed by atoms with Gasteiger partial charge in [-0.15, -0.1) is 0 Å². The van der Waals surface area contributed by atoms with Crippen molar-refractivity contribution in [2.24, 2.45) is 0 Å². The second-order valence-electron chi connectivity index (χ2n) is 12.6. The molecular weight excluding hydrogens is 553 g/mol. The van der Waals surface area contributed by atoms with Crippen molar-refractivity contribution >= 4 is 28.8 Å². The van der Waals surface area contributed by atoms with Gasteiger partial charge in [0.2, 0.25) is 5.95 Å². The number of rotatable bonds is 5. The molecule has 1 saturated carbocycles. The lowest BCUT2D eigenvalue weighted by Gasteiger charge is -2.36. The summed E-state index contributed by atoms with van der Waals surface area (Å²) in [6.07, 6.45) is 3.48. The summed E-state index contributed by atoms with van der Waals surface area (Å²) < 4.78 is 23.4. The molecule has 0 saturated heterocycles. The first-order valence-electron chi connectivity index (χ1n) is 14.6. The fourth-order valence-electron chi connectivity index (χ4n) is 5.62. The van der Waals surface area contributed by atoms with Gasteiger partial charge in [-0.25, -0.2) is 28.5 Å². The zero-order chi connectivity index (χ0) is 30.7. The number of nitrogens with zero attached hydrogens (tertiary/aromatic N) is 6. The average Bonchev–Trinajstić information content (AvgIpc) is 3.22. The van der Waals surface area contributed by atoms with Gasteiger partial charge in [0, 0.05) is 31.0 Å². The Kier molecular flexibility index (Phi) is 6.99. The summed E-state index contributed by atoms with van der Waals surface area (Å²) in [5, 5.41) is 14.4. The highest BCUT2D eigenvalue weighted by Crippen LogP contribution is 2.41. The Balaban J connectivity index is 1.35. The third-order valence-electron chi connectivity index (χ3n) is 7.91. The fraction of sp³-hybridized carbons (Fsp3) is 0.452. The number of nitrogens with one attached hydrogen (secondary N) is 1. The van der Waals surface area contributed by atoms with Crippen LogP contribution in [0.5, 0.6) is 0 Å². The molecule has 6 rings (SSSR count). The molecule has 43 heavy (non-hydrogen) atoms. The molecule has 0 spiro atoms. The number of fused-ring (bicyclic) bond motifs is 2. The first-order chi connectivity index (χ1) is 20.3. The molecule has 0 unspecified atom stereocenters. The Labute approximate surface area is 248 Å². The quantitative estimate of drug-likeness (QED) is 0.329. The topological polar surface area (TPSA) is 127 Å². The van der Waals surface area contributed by atoms with Crippen LogP contribution < -0.4 is 10.9 Å². The standard InChI is InChI=1S/C31H36FN7O4/c1-18(2)38-27(40)22-16-33-28(36-26(22)39(38)24-10-9-23(32)25(35-24)31(42)12-6-13-31)34-21-8-7-19-11-14-37(17-20(19)15-21)29(41)43-30(3,4)5/h7-10,15-16,18,42H,6,11-14,17H2,1-5H3,(H,33,34,36). The number of anilines is 2. The third kappa shape index (κ3) is 5.35. The normalized spacial score (nSPS) is 16.2. The van der Waals surface area contributed by atoms with Gasteiger partial charge in [-0.3, -0.25) is 4.79 Å². The molecule has 2 aliphatic rings. The molecule has 1 amide bonds. The van der Waals surface area contributed by atoms with E-state index in [4.69, 9.17) is 9.72 Å². The Bertz CT molecular complexity index is 1790. The number of hydrogen-bond acceptors (Lipinski definition) is 8. The Morgan fingerprint density at radius 2 is 1.91 bits per heavy atom. The second-order valence-corrected chi connectivity index (χ2v) is 12.6. The number of aromatic nitrogens is 5. The summed E-state index contributed by atoms with van der Waals surface area (Å²) >= 11 is 0. The monoisotopic (exact) mass is 589 g/mol. The van der Waals surface area contributed by atoms with Gasteiger partial charge in [0.1, 0.15) is 28.1 Å². The van der Waals surface area contributed by atoms with Crippen LogP contribution in [0.25, 0.3) is 16.9 Å². The van der Waals surface area contributed by atoms with E-state index in [0.29, 0.717) is 38.0 Å². The summed E-state index contributed by atoms with van der Waals surface area (Å²) in [5.41, 5.74) is 0.934. The number of hydrogen-bond donors (Lipinski definition) is 2. The summed E-state index contributed by atoms with van der Waals surface area (Å²) in [6.45, 7) is 10.3. The molecule has 0 bridgehead atoms. The molecule has 1 fully saturated rings. The molecule has 4 aromatic rings.